The van der Waals surface area contributed by atoms with Gasteiger partial charge in [-0.2, -0.15) is 0 Å². The van der Waals surface area contributed by atoms with Gasteiger partial charge >= 0.3 is 0 Å². The van der Waals surface area contributed by atoms with Gasteiger partial charge in [0.2, 0.25) is 0 Å². The van der Waals surface area contributed by atoms with Crippen molar-refractivity contribution in [2.75, 3.05) is 5.32 Å². The van der Waals surface area contributed by atoms with Crippen molar-refractivity contribution >= 4 is 17.3 Å². The Kier molecular flexibility index (Phi) is 4.10. The van der Waals surface area contributed by atoms with E-state index >= 15 is 0 Å². The fraction of sp³-hybridized carbons (Fsp3) is 0.533. The largest absolute Gasteiger partial charge is 0.381 e. The summed E-state index contributed by atoms with van der Waals surface area (Å²) in [6, 6.07) is 6.27. The van der Waals surface area contributed by atoms with E-state index in [9.17, 15) is 0 Å². The zero-order valence-electron chi connectivity index (χ0n) is 12.3. The van der Waals surface area contributed by atoms with Crippen LogP contribution < -0.4 is 5.32 Å². The standard InChI is InChI=1S/C15H20ClN5/c1-10-4-3-5-14(11(10)2)18-15-8-12(6-7-13(15)16)21-9-17-19-20-21/h6-11,14,18H,3-5H2,1-2H3. The van der Waals surface area contributed by atoms with Crippen LogP contribution >= 0.6 is 11.6 Å². The second kappa shape index (κ2) is 6.02. The number of nitrogens with zero attached hydrogens (tertiary/aromatic N) is 4. The summed E-state index contributed by atoms with van der Waals surface area (Å²) in [7, 11) is 0. The van der Waals surface area contributed by atoms with Crippen molar-refractivity contribution in [2.24, 2.45) is 11.8 Å². The summed E-state index contributed by atoms with van der Waals surface area (Å²) in [6.07, 6.45) is 5.36. The van der Waals surface area contributed by atoms with Gasteiger partial charge in [-0.3, -0.25) is 0 Å². The first-order valence-electron chi connectivity index (χ1n) is 7.44. The molecule has 0 saturated heterocycles. The molecule has 0 bridgehead atoms. The van der Waals surface area contributed by atoms with Crippen LogP contribution in [-0.4, -0.2) is 26.2 Å². The highest BCUT2D eigenvalue weighted by atomic mass is 35.5. The Balaban J connectivity index is 1.83. The summed E-state index contributed by atoms with van der Waals surface area (Å²) in [5.41, 5.74) is 1.86. The Morgan fingerprint density at radius 1 is 1.29 bits per heavy atom. The molecule has 1 heterocycles. The number of anilines is 1. The molecule has 112 valence electrons. The first kappa shape index (κ1) is 14.3. The summed E-state index contributed by atoms with van der Waals surface area (Å²) in [5.74, 6) is 1.39. The number of halogens is 1. The number of hydrogen-bond donors (Lipinski definition) is 1. The van der Waals surface area contributed by atoms with E-state index in [1.807, 2.05) is 18.2 Å². The fourth-order valence-electron chi connectivity index (χ4n) is 3.03. The molecule has 1 aliphatic rings. The van der Waals surface area contributed by atoms with E-state index in [1.165, 1.54) is 19.3 Å². The van der Waals surface area contributed by atoms with E-state index in [4.69, 9.17) is 11.6 Å². The van der Waals surface area contributed by atoms with Gasteiger partial charge in [0.05, 0.1) is 16.4 Å². The Morgan fingerprint density at radius 2 is 2.14 bits per heavy atom. The third kappa shape index (κ3) is 3.02. The predicted molar refractivity (Wildman–Crippen MR) is 83.8 cm³/mol. The van der Waals surface area contributed by atoms with Crippen molar-refractivity contribution in [1.82, 2.24) is 20.2 Å². The van der Waals surface area contributed by atoms with Gasteiger partial charge in [-0.1, -0.05) is 38.3 Å². The highest BCUT2D eigenvalue weighted by Gasteiger charge is 2.27. The number of aromatic nitrogens is 4. The van der Waals surface area contributed by atoms with Gasteiger partial charge in [0.25, 0.3) is 0 Å². The molecular weight excluding hydrogens is 286 g/mol. The van der Waals surface area contributed by atoms with Crippen molar-refractivity contribution in [3.8, 4) is 5.69 Å². The molecule has 0 radical (unpaired) electrons. The van der Waals surface area contributed by atoms with Crippen LogP contribution in [0.5, 0.6) is 0 Å². The summed E-state index contributed by atoms with van der Waals surface area (Å²) < 4.78 is 1.63. The molecule has 1 N–H and O–H groups in total. The number of benzene rings is 1. The van der Waals surface area contributed by atoms with Crippen molar-refractivity contribution in [1.29, 1.82) is 0 Å². The number of tetrazole rings is 1. The molecular formula is C15H20ClN5. The molecule has 0 amide bonds. The molecule has 21 heavy (non-hydrogen) atoms. The molecule has 3 atom stereocenters. The van der Waals surface area contributed by atoms with Gasteiger partial charge in [0, 0.05) is 6.04 Å². The van der Waals surface area contributed by atoms with E-state index in [0.29, 0.717) is 12.0 Å². The maximum atomic E-state index is 6.34. The zero-order valence-corrected chi connectivity index (χ0v) is 13.1. The molecule has 1 fully saturated rings. The molecule has 3 unspecified atom stereocenters. The number of rotatable bonds is 3. The first-order chi connectivity index (χ1) is 10.1. The van der Waals surface area contributed by atoms with E-state index in [1.54, 1.807) is 11.0 Å². The van der Waals surface area contributed by atoms with Gasteiger partial charge in [-0.05, 0) is 46.9 Å². The van der Waals surface area contributed by atoms with Crippen LogP contribution in [0.2, 0.25) is 5.02 Å². The van der Waals surface area contributed by atoms with Gasteiger partial charge in [0.15, 0.2) is 0 Å². The van der Waals surface area contributed by atoms with Gasteiger partial charge < -0.3 is 5.32 Å². The summed E-state index contributed by atoms with van der Waals surface area (Å²) >= 11 is 6.34. The van der Waals surface area contributed by atoms with Crippen LogP contribution in [0.1, 0.15) is 33.1 Å². The van der Waals surface area contributed by atoms with Gasteiger partial charge in [-0.25, -0.2) is 4.68 Å². The lowest BCUT2D eigenvalue weighted by atomic mass is 9.78. The molecule has 1 aromatic heterocycles. The van der Waals surface area contributed by atoms with E-state index < -0.39 is 0 Å². The molecule has 0 spiro atoms. The third-order valence-electron chi connectivity index (χ3n) is 4.61. The molecule has 2 aromatic rings. The van der Waals surface area contributed by atoms with E-state index in [0.717, 1.165) is 22.3 Å². The topological polar surface area (TPSA) is 55.6 Å². The maximum absolute atomic E-state index is 6.34. The van der Waals surface area contributed by atoms with Crippen molar-refractivity contribution in [3.63, 3.8) is 0 Å². The van der Waals surface area contributed by atoms with Crippen molar-refractivity contribution in [3.05, 3.63) is 29.5 Å². The Labute approximate surface area is 129 Å². The third-order valence-corrected chi connectivity index (χ3v) is 4.94. The second-order valence-electron chi connectivity index (χ2n) is 5.94. The summed E-state index contributed by atoms with van der Waals surface area (Å²) in [4.78, 5) is 0. The highest BCUT2D eigenvalue weighted by molar-refractivity contribution is 6.33. The normalized spacial score (nSPS) is 25.8. The molecule has 6 heteroatoms. The lowest BCUT2D eigenvalue weighted by Crippen LogP contribution is -2.35. The van der Waals surface area contributed by atoms with Crippen LogP contribution in [0.25, 0.3) is 5.69 Å². The van der Waals surface area contributed by atoms with E-state index in [-0.39, 0.29) is 0 Å². The van der Waals surface area contributed by atoms with E-state index in [2.05, 4.69) is 34.7 Å². The SMILES string of the molecule is CC1CCCC(Nc2cc(-n3cnnn3)ccc2Cl)C1C. The number of nitrogens with one attached hydrogen (secondary N) is 1. The average Bonchev–Trinajstić information content (AvgIpc) is 3.00. The first-order valence-corrected chi connectivity index (χ1v) is 7.82. The average molecular weight is 306 g/mol. The molecule has 1 aliphatic carbocycles. The lowest BCUT2D eigenvalue weighted by Gasteiger charge is -2.35. The predicted octanol–water partition coefficient (Wildman–Crippen LogP) is 3.55. The highest BCUT2D eigenvalue weighted by Crippen LogP contribution is 2.33. The minimum atomic E-state index is 0.468. The summed E-state index contributed by atoms with van der Waals surface area (Å²) in [5, 5.41) is 15.6. The smallest absolute Gasteiger partial charge is 0.143 e. The maximum Gasteiger partial charge on any atom is 0.143 e. The van der Waals surface area contributed by atoms with Crippen LogP contribution in [0.3, 0.4) is 0 Å². The van der Waals surface area contributed by atoms with Crippen LogP contribution in [0.15, 0.2) is 24.5 Å². The van der Waals surface area contributed by atoms with Crippen LogP contribution in [0, 0.1) is 11.8 Å². The zero-order chi connectivity index (χ0) is 14.8. The molecule has 3 rings (SSSR count). The molecule has 0 aliphatic heterocycles. The Bertz CT molecular complexity index is 598. The Morgan fingerprint density at radius 3 is 2.90 bits per heavy atom. The molecule has 5 nitrogen and oxygen atoms in total. The van der Waals surface area contributed by atoms with Crippen molar-refractivity contribution < 1.29 is 0 Å². The van der Waals surface area contributed by atoms with Crippen molar-refractivity contribution in [2.45, 2.75) is 39.2 Å². The summed E-state index contributed by atoms with van der Waals surface area (Å²) in [6.45, 7) is 4.65. The minimum Gasteiger partial charge on any atom is -0.381 e. The minimum absolute atomic E-state index is 0.468. The Hall–Kier alpha value is -1.62. The monoisotopic (exact) mass is 305 g/mol. The molecule has 1 saturated carbocycles. The fourth-order valence-corrected chi connectivity index (χ4v) is 3.20. The second-order valence-corrected chi connectivity index (χ2v) is 6.34. The molecule has 1 aromatic carbocycles. The van der Waals surface area contributed by atoms with Gasteiger partial charge in [0.1, 0.15) is 6.33 Å². The quantitative estimate of drug-likeness (QED) is 0.942. The van der Waals surface area contributed by atoms with Gasteiger partial charge in [-0.15, -0.1) is 5.10 Å². The lowest BCUT2D eigenvalue weighted by molar-refractivity contribution is 0.253. The van der Waals surface area contributed by atoms with Crippen LogP contribution in [0.4, 0.5) is 5.69 Å². The van der Waals surface area contributed by atoms with Crippen LogP contribution in [-0.2, 0) is 0 Å². The number of hydrogen-bond acceptors (Lipinski definition) is 4.